The van der Waals surface area contributed by atoms with E-state index in [9.17, 15) is 4.79 Å². The number of carbonyl (C=O) groups is 1. The van der Waals surface area contributed by atoms with Gasteiger partial charge >= 0.3 is 6.09 Å². The van der Waals surface area contributed by atoms with Crippen molar-refractivity contribution >= 4 is 6.09 Å². The molecule has 0 aromatic heterocycles. The van der Waals surface area contributed by atoms with Crippen LogP contribution in [-0.2, 0) is 0 Å². The van der Waals surface area contributed by atoms with Gasteiger partial charge in [0.15, 0.2) is 0 Å². The molecule has 0 aliphatic carbocycles. The average Bonchev–Trinajstić information content (AvgIpc) is 2.45. The molecule has 104 valence electrons. The Bertz CT molecular complexity index is 389. The van der Waals surface area contributed by atoms with Crippen LogP contribution in [-0.4, -0.2) is 60.3 Å². The smallest absolute Gasteiger partial charge is 0.407 e. The van der Waals surface area contributed by atoms with Crippen molar-refractivity contribution in [2.45, 2.75) is 6.42 Å². The Kier molecular flexibility index (Phi) is 5.03. The van der Waals surface area contributed by atoms with Gasteiger partial charge in [0.25, 0.3) is 0 Å². The van der Waals surface area contributed by atoms with Gasteiger partial charge in [0.2, 0.25) is 0 Å². The number of benzene rings is 1. The van der Waals surface area contributed by atoms with Crippen molar-refractivity contribution in [1.29, 1.82) is 0 Å². The Morgan fingerprint density at radius 2 is 1.84 bits per heavy atom. The first-order valence-corrected chi connectivity index (χ1v) is 6.64. The highest BCUT2D eigenvalue weighted by atomic mass is 16.5. The predicted octanol–water partition coefficient (Wildman–Crippen LogP) is 1.75. The van der Waals surface area contributed by atoms with Crippen LogP contribution >= 0.6 is 0 Å². The third-order valence-corrected chi connectivity index (χ3v) is 3.27. The fourth-order valence-corrected chi connectivity index (χ4v) is 2.16. The average molecular weight is 264 g/mol. The first kappa shape index (κ1) is 13.7. The lowest BCUT2D eigenvalue weighted by atomic mass is 10.3. The van der Waals surface area contributed by atoms with Crippen LogP contribution in [0, 0.1) is 0 Å². The molecule has 1 aliphatic heterocycles. The lowest BCUT2D eigenvalue weighted by Crippen LogP contribution is -2.48. The normalized spacial score (nSPS) is 16.3. The second-order valence-corrected chi connectivity index (χ2v) is 4.63. The van der Waals surface area contributed by atoms with Gasteiger partial charge in [0.1, 0.15) is 5.75 Å². The maximum Gasteiger partial charge on any atom is 0.407 e. The van der Waals surface area contributed by atoms with Crippen LogP contribution in [0.15, 0.2) is 30.3 Å². The minimum absolute atomic E-state index is 0.606. The molecule has 1 saturated heterocycles. The summed E-state index contributed by atoms with van der Waals surface area (Å²) < 4.78 is 5.63. The van der Waals surface area contributed by atoms with E-state index in [1.807, 2.05) is 30.3 Å². The van der Waals surface area contributed by atoms with Gasteiger partial charge in [0, 0.05) is 32.7 Å². The molecule has 0 unspecified atom stereocenters. The van der Waals surface area contributed by atoms with E-state index in [2.05, 4.69) is 4.90 Å². The highest BCUT2D eigenvalue weighted by Gasteiger charge is 2.19. The van der Waals surface area contributed by atoms with Gasteiger partial charge in [-0.05, 0) is 18.6 Å². The van der Waals surface area contributed by atoms with Crippen LogP contribution in [0.4, 0.5) is 4.79 Å². The summed E-state index contributed by atoms with van der Waals surface area (Å²) >= 11 is 0. The zero-order valence-corrected chi connectivity index (χ0v) is 11.0. The van der Waals surface area contributed by atoms with Gasteiger partial charge < -0.3 is 14.7 Å². The quantitative estimate of drug-likeness (QED) is 0.823. The molecule has 0 spiro atoms. The van der Waals surface area contributed by atoms with Crippen LogP contribution in [0.3, 0.4) is 0 Å². The largest absolute Gasteiger partial charge is 0.494 e. The molecule has 5 nitrogen and oxygen atoms in total. The van der Waals surface area contributed by atoms with Crippen LogP contribution < -0.4 is 4.74 Å². The Morgan fingerprint density at radius 1 is 1.16 bits per heavy atom. The maximum atomic E-state index is 10.8. The van der Waals surface area contributed by atoms with Crippen molar-refractivity contribution in [2.75, 3.05) is 39.3 Å². The number of nitrogens with zero attached hydrogens (tertiary/aromatic N) is 2. The number of amides is 1. The van der Waals surface area contributed by atoms with Crippen molar-refractivity contribution in [1.82, 2.24) is 9.80 Å². The van der Waals surface area contributed by atoms with Gasteiger partial charge in [0.05, 0.1) is 6.61 Å². The molecular weight excluding hydrogens is 244 g/mol. The molecule has 2 rings (SSSR count). The standard InChI is InChI=1S/C14H20N2O3/c17-14(18)16-10-8-15(9-11-16)7-4-12-19-13-5-2-1-3-6-13/h1-3,5-6H,4,7-12H2,(H,17,18). The molecule has 1 N–H and O–H groups in total. The second-order valence-electron chi connectivity index (χ2n) is 4.63. The van der Waals surface area contributed by atoms with Gasteiger partial charge in [-0.25, -0.2) is 4.79 Å². The summed E-state index contributed by atoms with van der Waals surface area (Å²) in [6.45, 7) is 4.50. The molecule has 0 bridgehead atoms. The molecule has 1 heterocycles. The SMILES string of the molecule is O=C(O)N1CCN(CCCOc2ccccc2)CC1. The van der Waals surface area contributed by atoms with E-state index in [0.717, 1.165) is 31.8 Å². The summed E-state index contributed by atoms with van der Waals surface area (Å²) in [6, 6.07) is 9.78. The molecule has 0 radical (unpaired) electrons. The summed E-state index contributed by atoms with van der Waals surface area (Å²) in [4.78, 5) is 14.5. The van der Waals surface area contributed by atoms with Crippen LogP contribution in [0.25, 0.3) is 0 Å². The first-order chi connectivity index (χ1) is 9.25. The summed E-state index contributed by atoms with van der Waals surface area (Å²) in [5.74, 6) is 0.901. The number of hydrogen-bond donors (Lipinski definition) is 1. The third-order valence-electron chi connectivity index (χ3n) is 3.27. The van der Waals surface area contributed by atoms with E-state index >= 15 is 0 Å². The zero-order valence-electron chi connectivity index (χ0n) is 11.0. The fourth-order valence-electron chi connectivity index (χ4n) is 2.16. The summed E-state index contributed by atoms with van der Waals surface area (Å²) in [5.41, 5.74) is 0. The summed E-state index contributed by atoms with van der Waals surface area (Å²) in [5, 5.41) is 8.85. The number of para-hydroxylation sites is 1. The van der Waals surface area contributed by atoms with E-state index in [1.165, 1.54) is 4.90 Å². The van der Waals surface area contributed by atoms with E-state index < -0.39 is 6.09 Å². The summed E-state index contributed by atoms with van der Waals surface area (Å²) in [6.07, 6.45) is 0.147. The van der Waals surface area contributed by atoms with Gasteiger partial charge in [-0.2, -0.15) is 0 Å². The molecular formula is C14H20N2O3. The Morgan fingerprint density at radius 3 is 2.47 bits per heavy atom. The number of carboxylic acid groups (broad SMARTS) is 1. The lowest BCUT2D eigenvalue weighted by Gasteiger charge is -2.32. The van der Waals surface area contributed by atoms with Crippen LogP contribution in [0.5, 0.6) is 5.75 Å². The number of rotatable bonds is 5. The highest BCUT2D eigenvalue weighted by molar-refractivity contribution is 5.65. The Hall–Kier alpha value is -1.75. The van der Waals surface area contributed by atoms with Crippen LogP contribution in [0.1, 0.15) is 6.42 Å². The Balaban J connectivity index is 1.58. The van der Waals surface area contributed by atoms with Gasteiger partial charge in [-0.1, -0.05) is 18.2 Å². The van der Waals surface area contributed by atoms with Gasteiger partial charge in [-0.15, -0.1) is 0 Å². The number of piperazine rings is 1. The third kappa shape index (κ3) is 4.44. The monoisotopic (exact) mass is 264 g/mol. The van der Waals surface area contributed by atoms with Crippen molar-refractivity contribution in [3.8, 4) is 5.75 Å². The maximum absolute atomic E-state index is 10.8. The molecule has 1 aliphatic rings. The van der Waals surface area contributed by atoms with E-state index in [-0.39, 0.29) is 0 Å². The number of ether oxygens (including phenoxy) is 1. The van der Waals surface area contributed by atoms with Crippen molar-refractivity contribution < 1.29 is 14.6 Å². The Labute approximate surface area is 113 Å². The second kappa shape index (κ2) is 6.99. The van der Waals surface area contributed by atoms with Crippen molar-refractivity contribution in [2.24, 2.45) is 0 Å². The topological polar surface area (TPSA) is 53.0 Å². The molecule has 1 amide bonds. The van der Waals surface area contributed by atoms with E-state index in [1.54, 1.807) is 0 Å². The van der Waals surface area contributed by atoms with E-state index in [0.29, 0.717) is 19.7 Å². The molecule has 1 fully saturated rings. The minimum Gasteiger partial charge on any atom is -0.494 e. The molecule has 0 saturated carbocycles. The molecule has 1 aromatic rings. The number of hydrogen-bond acceptors (Lipinski definition) is 3. The fraction of sp³-hybridized carbons (Fsp3) is 0.500. The summed E-state index contributed by atoms with van der Waals surface area (Å²) in [7, 11) is 0. The molecule has 19 heavy (non-hydrogen) atoms. The molecule has 5 heteroatoms. The lowest BCUT2D eigenvalue weighted by molar-refractivity contribution is 0.103. The molecule has 0 atom stereocenters. The van der Waals surface area contributed by atoms with Crippen LogP contribution in [0.2, 0.25) is 0 Å². The zero-order chi connectivity index (χ0) is 13.5. The van der Waals surface area contributed by atoms with E-state index in [4.69, 9.17) is 9.84 Å². The van der Waals surface area contributed by atoms with Gasteiger partial charge in [-0.3, -0.25) is 4.90 Å². The van der Waals surface area contributed by atoms with Crippen molar-refractivity contribution in [3.63, 3.8) is 0 Å². The van der Waals surface area contributed by atoms with Crippen molar-refractivity contribution in [3.05, 3.63) is 30.3 Å². The highest BCUT2D eigenvalue weighted by Crippen LogP contribution is 2.09. The minimum atomic E-state index is -0.813. The first-order valence-electron chi connectivity index (χ1n) is 6.64. The predicted molar refractivity (Wildman–Crippen MR) is 72.6 cm³/mol. The molecule has 1 aromatic carbocycles.